The number of hydrogen-bond donors (Lipinski definition) is 0. The molecule has 0 atom stereocenters. The molecule has 0 aliphatic heterocycles. The van der Waals surface area contributed by atoms with Gasteiger partial charge in [0.1, 0.15) is 0 Å². The van der Waals surface area contributed by atoms with E-state index in [2.05, 4.69) is 137 Å². The van der Waals surface area contributed by atoms with Gasteiger partial charge in [-0.1, -0.05) is 60.7 Å². The highest BCUT2D eigenvalue weighted by Gasteiger charge is 2.19. The lowest BCUT2D eigenvalue weighted by Crippen LogP contribution is -1.96. The van der Waals surface area contributed by atoms with E-state index < -0.39 is 0 Å². The fourth-order valence-electron chi connectivity index (χ4n) is 7.37. The molecule has 0 aliphatic carbocycles. The summed E-state index contributed by atoms with van der Waals surface area (Å²) in [5.41, 5.74) is 10.6. The molecule has 0 fully saturated rings. The fourth-order valence-corrected chi connectivity index (χ4v) is 8.47. The second kappa shape index (κ2) is 9.89. The maximum Gasteiger partial charge on any atom is 0.0991 e. The fraction of sp³-hybridized carbons (Fsp3) is 0. The second-order valence-electron chi connectivity index (χ2n) is 11.9. The van der Waals surface area contributed by atoms with Crippen molar-refractivity contribution in [3.63, 3.8) is 0 Å². The van der Waals surface area contributed by atoms with Gasteiger partial charge in [0.25, 0.3) is 0 Å². The van der Waals surface area contributed by atoms with Gasteiger partial charge < -0.3 is 9.13 Å². The van der Waals surface area contributed by atoms with E-state index in [4.69, 9.17) is 4.98 Å². The number of rotatable bonds is 3. The average molecular weight is 617 g/mol. The Morgan fingerprint density at radius 3 is 2.09 bits per heavy atom. The van der Waals surface area contributed by atoms with Crippen LogP contribution in [-0.4, -0.2) is 14.1 Å². The maximum atomic E-state index is 9.59. The molecule has 10 aromatic rings. The molecule has 0 bridgehead atoms. The lowest BCUT2D eigenvalue weighted by molar-refractivity contribution is 1.17. The van der Waals surface area contributed by atoms with Crippen LogP contribution in [0.15, 0.2) is 146 Å². The van der Waals surface area contributed by atoms with Gasteiger partial charge in [0.2, 0.25) is 0 Å². The molecular weight excluding hydrogens is 593 g/mol. The number of benzene rings is 6. The third kappa shape index (κ3) is 3.77. The molecule has 0 unspecified atom stereocenters. The van der Waals surface area contributed by atoms with Crippen molar-refractivity contribution in [3.05, 3.63) is 151 Å². The Bertz CT molecular complexity index is 2930. The Hall–Kier alpha value is -6.22. The van der Waals surface area contributed by atoms with E-state index >= 15 is 0 Å². The third-order valence-corrected chi connectivity index (χ3v) is 10.5. The van der Waals surface area contributed by atoms with Crippen molar-refractivity contribution in [3.8, 4) is 28.6 Å². The minimum absolute atomic E-state index is 0.666. The van der Waals surface area contributed by atoms with Gasteiger partial charge in [0, 0.05) is 53.9 Å². The standard InChI is InChI=1S/C42H24N4S/c43-25-26-17-19-36-34(22-26)31-12-1-3-14-35(31)45(36)29-10-5-8-27(23-29)28-9-6-11-30(24-28)46-37-15-7-21-44-41(37)33-18-20-39-40(42(33)46)32-13-2-4-16-38(32)47-39/h1-24H. The van der Waals surface area contributed by atoms with Gasteiger partial charge in [-0.3, -0.25) is 4.98 Å². The van der Waals surface area contributed by atoms with Crippen molar-refractivity contribution in [1.82, 2.24) is 14.1 Å². The van der Waals surface area contributed by atoms with E-state index in [1.807, 2.05) is 35.7 Å². The molecular formula is C42H24N4S. The Morgan fingerprint density at radius 2 is 1.26 bits per heavy atom. The van der Waals surface area contributed by atoms with Crippen LogP contribution in [0.4, 0.5) is 0 Å². The van der Waals surface area contributed by atoms with Gasteiger partial charge in [-0.2, -0.15) is 5.26 Å². The average Bonchev–Trinajstić information content (AvgIpc) is 3.79. The first-order valence-corrected chi connectivity index (χ1v) is 16.4. The van der Waals surface area contributed by atoms with E-state index in [1.54, 1.807) is 0 Å². The second-order valence-corrected chi connectivity index (χ2v) is 13.0. The van der Waals surface area contributed by atoms with Crippen molar-refractivity contribution < 1.29 is 0 Å². The quantitative estimate of drug-likeness (QED) is 0.198. The number of nitrogens with zero attached hydrogens (tertiary/aromatic N) is 4. The van der Waals surface area contributed by atoms with Crippen molar-refractivity contribution in [2.24, 2.45) is 0 Å². The molecule has 0 N–H and O–H groups in total. The summed E-state index contributed by atoms with van der Waals surface area (Å²) < 4.78 is 7.27. The van der Waals surface area contributed by atoms with E-state index in [0.29, 0.717) is 5.56 Å². The molecule has 0 spiro atoms. The monoisotopic (exact) mass is 616 g/mol. The Labute approximate surface area is 273 Å². The van der Waals surface area contributed by atoms with Gasteiger partial charge in [-0.15, -0.1) is 11.3 Å². The summed E-state index contributed by atoms with van der Waals surface area (Å²) >= 11 is 1.84. The van der Waals surface area contributed by atoms with Crippen LogP contribution in [-0.2, 0) is 0 Å². The highest BCUT2D eigenvalue weighted by Crippen LogP contribution is 2.43. The molecule has 4 aromatic heterocycles. The number of fused-ring (bicyclic) bond motifs is 10. The van der Waals surface area contributed by atoms with Gasteiger partial charge in [-0.25, -0.2) is 0 Å². The predicted octanol–water partition coefficient (Wildman–Crippen LogP) is 11.2. The van der Waals surface area contributed by atoms with Crippen LogP contribution >= 0.6 is 11.3 Å². The number of para-hydroxylation sites is 1. The highest BCUT2D eigenvalue weighted by atomic mass is 32.1. The molecule has 5 heteroatoms. The highest BCUT2D eigenvalue weighted by molar-refractivity contribution is 7.26. The third-order valence-electron chi connectivity index (χ3n) is 9.37. The predicted molar refractivity (Wildman–Crippen MR) is 196 cm³/mol. The van der Waals surface area contributed by atoms with E-state index in [0.717, 1.165) is 60.7 Å². The lowest BCUT2D eigenvalue weighted by Gasteiger charge is -2.13. The molecule has 218 valence electrons. The molecule has 10 rings (SSSR count). The SMILES string of the molecule is N#Cc1ccc2c(c1)c1ccccc1n2-c1cccc(-c2cccc(-n3c4cccnc4c4ccc5sc6ccccc6c5c43)c2)c1. The molecule has 0 saturated heterocycles. The van der Waals surface area contributed by atoms with Crippen LogP contribution in [0.5, 0.6) is 0 Å². The first kappa shape index (κ1) is 26.0. The molecule has 4 nitrogen and oxygen atoms in total. The van der Waals surface area contributed by atoms with E-state index in [9.17, 15) is 5.26 Å². The number of pyridine rings is 1. The molecule has 0 saturated carbocycles. The minimum atomic E-state index is 0.666. The minimum Gasteiger partial charge on any atom is -0.309 e. The molecule has 4 heterocycles. The van der Waals surface area contributed by atoms with Gasteiger partial charge in [0.05, 0.1) is 39.2 Å². The topological polar surface area (TPSA) is 46.5 Å². The molecule has 0 radical (unpaired) electrons. The van der Waals surface area contributed by atoms with Crippen molar-refractivity contribution in [2.75, 3.05) is 0 Å². The molecule has 47 heavy (non-hydrogen) atoms. The van der Waals surface area contributed by atoms with Gasteiger partial charge in [-0.05, 0) is 90.0 Å². The number of hydrogen-bond acceptors (Lipinski definition) is 3. The van der Waals surface area contributed by atoms with Gasteiger partial charge >= 0.3 is 0 Å². The smallest absolute Gasteiger partial charge is 0.0991 e. The summed E-state index contributed by atoms with van der Waals surface area (Å²) in [5, 5.41) is 15.5. The zero-order valence-electron chi connectivity index (χ0n) is 25.1. The number of thiophene rings is 1. The maximum absolute atomic E-state index is 9.59. The molecule has 6 aromatic carbocycles. The first-order chi connectivity index (χ1) is 23.3. The Balaban J connectivity index is 1.20. The summed E-state index contributed by atoms with van der Waals surface area (Å²) in [7, 11) is 0. The summed E-state index contributed by atoms with van der Waals surface area (Å²) in [4.78, 5) is 4.87. The van der Waals surface area contributed by atoms with Crippen LogP contribution in [0.3, 0.4) is 0 Å². The number of nitriles is 1. The van der Waals surface area contributed by atoms with Crippen molar-refractivity contribution >= 4 is 75.3 Å². The number of aromatic nitrogens is 3. The normalized spacial score (nSPS) is 11.8. The van der Waals surface area contributed by atoms with E-state index in [1.165, 1.54) is 25.7 Å². The largest absolute Gasteiger partial charge is 0.309 e. The summed E-state index contributed by atoms with van der Waals surface area (Å²) in [6.07, 6.45) is 1.89. The van der Waals surface area contributed by atoms with Crippen LogP contribution in [0.1, 0.15) is 5.56 Å². The summed E-state index contributed by atoms with van der Waals surface area (Å²) in [6, 6.07) is 51.7. The summed E-state index contributed by atoms with van der Waals surface area (Å²) in [5.74, 6) is 0. The van der Waals surface area contributed by atoms with Crippen LogP contribution < -0.4 is 0 Å². The van der Waals surface area contributed by atoms with Crippen LogP contribution in [0.25, 0.3) is 86.4 Å². The zero-order valence-corrected chi connectivity index (χ0v) is 25.9. The first-order valence-electron chi connectivity index (χ1n) is 15.6. The molecule has 0 aliphatic rings. The summed E-state index contributed by atoms with van der Waals surface area (Å²) in [6.45, 7) is 0. The van der Waals surface area contributed by atoms with Crippen molar-refractivity contribution in [1.29, 1.82) is 5.26 Å². The Kier molecular flexibility index (Phi) is 5.48. The van der Waals surface area contributed by atoms with Gasteiger partial charge in [0.15, 0.2) is 0 Å². The van der Waals surface area contributed by atoms with Crippen molar-refractivity contribution in [2.45, 2.75) is 0 Å². The van der Waals surface area contributed by atoms with Crippen LogP contribution in [0.2, 0.25) is 0 Å². The zero-order chi connectivity index (χ0) is 31.1. The Morgan fingerprint density at radius 1 is 0.532 bits per heavy atom. The van der Waals surface area contributed by atoms with Crippen LogP contribution in [0, 0.1) is 11.3 Å². The molecule has 0 amide bonds. The van der Waals surface area contributed by atoms with E-state index in [-0.39, 0.29) is 0 Å². The lowest BCUT2D eigenvalue weighted by atomic mass is 10.0.